The molecular formula is C23H28N2O7S. The molecule has 10 heteroatoms. The Morgan fingerprint density at radius 1 is 1.12 bits per heavy atom. The van der Waals surface area contributed by atoms with E-state index in [2.05, 4.69) is 4.72 Å². The van der Waals surface area contributed by atoms with Crippen LogP contribution in [0.25, 0.3) is 0 Å². The van der Waals surface area contributed by atoms with Crippen LogP contribution in [0.4, 0.5) is 5.69 Å². The smallest absolute Gasteiger partial charge is 0.309 e. The van der Waals surface area contributed by atoms with E-state index in [0.29, 0.717) is 38.0 Å². The van der Waals surface area contributed by atoms with Gasteiger partial charge in [0.2, 0.25) is 10.0 Å². The Bertz CT molecular complexity index is 1110. The van der Waals surface area contributed by atoms with Crippen molar-refractivity contribution in [3.8, 4) is 0 Å². The molecule has 0 spiro atoms. The Kier molecular flexibility index (Phi) is 5.17. The molecule has 2 atom stereocenters. The topological polar surface area (TPSA) is 144 Å². The number of sulfonamides is 1. The first-order valence-corrected chi connectivity index (χ1v) is 13.1. The summed E-state index contributed by atoms with van der Waals surface area (Å²) in [6, 6.07) is 5.14. The third-order valence-electron chi connectivity index (χ3n) is 8.77. The van der Waals surface area contributed by atoms with E-state index in [1.54, 1.807) is 0 Å². The van der Waals surface area contributed by atoms with Crippen molar-refractivity contribution < 1.29 is 28.0 Å². The SMILES string of the molecule is O=C(O)C12CC3CC(C1)C(CC(=O)C1(NS(=O)(=O)c4ccccc4[N+](=O)[O-])CCC1)C(C3)C2. The number of Topliss-reactive ketones (excluding diaryl/α,β-unsaturated/α-hetero) is 1. The number of carbonyl (C=O) groups excluding carboxylic acids is 1. The summed E-state index contributed by atoms with van der Waals surface area (Å²) in [6.45, 7) is 0. The number of hydrogen-bond donors (Lipinski definition) is 2. The second kappa shape index (κ2) is 7.59. The van der Waals surface area contributed by atoms with Crippen LogP contribution in [0.1, 0.15) is 57.8 Å². The minimum Gasteiger partial charge on any atom is -0.481 e. The van der Waals surface area contributed by atoms with Crippen molar-refractivity contribution in [2.24, 2.45) is 29.1 Å². The molecule has 0 saturated heterocycles. The number of benzene rings is 1. The molecule has 5 aliphatic carbocycles. The minimum atomic E-state index is -4.27. The van der Waals surface area contributed by atoms with E-state index in [1.165, 1.54) is 18.2 Å². The first-order valence-electron chi connectivity index (χ1n) is 11.6. The van der Waals surface area contributed by atoms with Crippen LogP contribution in [0.15, 0.2) is 29.2 Å². The number of nitrogens with zero attached hydrogens (tertiary/aromatic N) is 1. The Balaban J connectivity index is 1.36. The molecular weight excluding hydrogens is 448 g/mol. The summed E-state index contributed by atoms with van der Waals surface area (Å²) in [7, 11) is -4.27. The molecule has 0 aliphatic heterocycles. The molecule has 1 aromatic carbocycles. The number of hydrogen-bond acceptors (Lipinski definition) is 6. The largest absolute Gasteiger partial charge is 0.481 e. The number of carboxylic acids is 1. The highest BCUT2D eigenvalue weighted by Crippen LogP contribution is 2.63. The van der Waals surface area contributed by atoms with E-state index in [4.69, 9.17) is 0 Å². The zero-order valence-electron chi connectivity index (χ0n) is 18.2. The highest BCUT2D eigenvalue weighted by molar-refractivity contribution is 7.89. The average molecular weight is 477 g/mol. The number of nitrogens with one attached hydrogen (secondary N) is 1. The fourth-order valence-electron chi connectivity index (χ4n) is 7.25. The number of aliphatic carboxylic acids is 1. The highest BCUT2D eigenvalue weighted by atomic mass is 32.2. The zero-order valence-corrected chi connectivity index (χ0v) is 19.1. The second-order valence-electron chi connectivity index (χ2n) is 10.6. The lowest BCUT2D eigenvalue weighted by atomic mass is 9.45. The lowest BCUT2D eigenvalue weighted by Crippen LogP contribution is -2.60. The Morgan fingerprint density at radius 2 is 1.76 bits per heavy atom. The van der Waals surface area contributed by atoms with E-state index in [0.717, 1.165) is 25.3 Å². The van der Waals surface area contributed by atoms with Crippen LogP contribution < -0.4 is 4.72 Å². The average Bonchev–Trinajstić information content (AvgIpc) is 2.72. The molecule has 5 aliphatic rings. The van der Waals surface area contributed by atoms with Crippen LogP contribution in [0.3, 0.4) is 0 Å². The molecule has 2 unspecified atom stereocenters. The first kappa shape index (κ1) is 22.5. The van der Waals surface area contributed by atoms with Gasteiger partial charge in [-0.3, -0.25) is 19.7 Å². The van der Waals surface area contributed by atoms with Crippen molar-refractivity contribution in [1.29, 1.82) is 0 Å². The molecule has 1 aromatic rings. The predicted molar refractivity (Wildman–Crippen MR) is 117 cm³/mol. The maximum atomic E-state index is 13.5. The highest BCUT2D eigenvalue weighted by Gasteiger charge is 2.59. The molecule has 0 aromatic heterocycles. The van der Waals surface area contributed by atoms with Gasteiger partial charge in [0.1, 0.15) is 0 Å². The molecule has 2 N–H and O–H groups in total. The fraction of sp³-hybridized carbons (Fsp3) is 0.652. The molecule has 0 amide bonds. The standard InChI is InChI=1S/C23H28N2O7S/c26-20(10-17-15-8-14-9-16(17)13-22(11-14,12-15)21(27)28)23(6-3-7-23)24-33(31,32)19-5-2-1-4-18(19)25(29)30/h1-2,4-5,14-17,24H,3,6-13H2,(H,27,28). The Morgan fingerprint density at radius 3 is 2.30 bits per heavy atom. The number of para-hydroxylation sites is 1. The normalized spacial score (nSPS) is 33.9. The maximum Gasteiger partial charge on any atom is 0.309 e. The summed E-state index contributed by atoms with van der Waals surface area (Å²) in [5.41, 5.74) is -2.41. The van der Waals surface area contributed by atoms with E-state index in [9.17, 15) is 33.2 Å². The second-order valence-corrected chi connectivity index (χ2v) is 12.3. The van der Waals surface area contributed by atoms with Gasteiger partial charge in [0, 0.05) is 12.5 Å². The van der Waals surface area contributed by atoms with Gasteiger partial charge in [-0.05, 0) is 81.1 Å². The van der Waals surface area contributed by atoms with Crippen LogP contribution in [0, 0.1) is 39.2 Å². The number of rotatable bonds is 8. The van der Waals surface area contributed by atoms with Gasteiger partial charge in [0.05, 0.1) is 15.9 Å². The van der Waals surface area contributed by atoms with Crippen molar-refractivity contribution in [2.75, 3.05) is 0 Å². The van der Waals surface area contributed by atoms with Crippen LogP contribution >= 0.6 is 0 Å². The Labute approximate surface area is 192 Å². The first-order chi connectivity index (χ1) is 15.6. The molecule has 9 nitrogen and oxygen atoms in total. The number of ketones is 1. The van der Waals surface area contributed by atoms with Crippen LogP contribution in [-0.4, -0.2) is 35.7 Å². The predicted octanol–water partition coefficient (Wildman–Crippen LogP) is 3.28. The van der Waals surface area contributed by atoms with Gasteiger partial charge in [-0.25, -0.2) is 8.42 Å². The van der Waals surface area contributed by atoms with Crippen LogP contribution in [-0.2, 0) is 19.6 Å². The van der Waals surface area contributed by atoms with Crippen LogP contribution in [0.5, 0.6) is 0 Å². The summed E-state index contributed by atoms with van der Waals surface area (Å²) in [5.74, 6) is -0.0492. The monoisotopic (exact) mass is 476 g/mol. The van der Waals surface area contributed by atoms with Crippen LogP contribution in [0.2, 0.25) is 0 Å². The lowest BCUT2D eigenvalue weighted by molar-refractivity contribution is -0.387. The van der Waals surface area contributed by atoms with Crippen molar-refractivity contribution >= 4 is 27.5 Å². The Hall–Kier alpha value is -2.33. The van der Waals surface area contributed by atoms with Crippen molar-refractivity contribution in [2.45, 2.75) is 68.2 Å². The van der Waals surface area contributed by atoms with Gasteiger partial charge in [-0.15, -0.1) is 0 Å². The molecule has 178 valence electrons. The third-order valence-corrected chi connectivity index (χ3v) is 10.3. The number of nitro benzene ring substituents is 1. The number of nitro groups is 1. The molecule has 6 rings (SSSR count). The third kappa shape index (κ3) is 3.58. The molecule has 4 bridgehead atoms. The summed E-state index contributed by atoms with van der Waals surface area (Å²) in [6.07, 6.45) is 5.49. The summed E-state index contributed by atoms with van der Waals surface area (Å²) >= 11 is 0. The van der Waals surface area contributed by atoms with Gasteiger partial charge in [0.25, 0.3) is 5.69 Å². The van der Waals surface area contributed by atoms with Gasteiger partial charge < -0.3 is 5.11 Å². The zero-order chi connectivity index (χ0) is 23.6. The van der Waals surface area contributed by atoms with Gasteiger partial charge >= 0.3 is 5.97 Å². The van der Waals surface area contributed by atoms with E-state index >= 15 is 0 Å². The molecule has 5 saturated carbocycles. The van der Waals surface area contributed by atoms with Gasteiger partial charge in [-0.1, -0.05) is 12.1 Å². The maximum absolute atomic E-state index is 13.5. The quantitative estimate of drug-likeness (QED) is 0.433. The van der Waals surface area contributed by atoms with Gasteiger partial charge in [0.15, 0.2) is 10.7 Å². The molecule has 33 heavy (non-hydrogen) atoms. The molecule has 5 fully saturated rings. The van der Waals surface area contributed by atoms with Crippen molar-refractivity contribution in [3.63, 3.8) is 0 Å². The molecule has 0 heterocycles. The van der Waals surface area contributed by atoms with E-state index < -0.39 is 42.5 Å². The number of carboxylic acid groups (broad SMARTS) is 1. The summed E-state index contributed by atoms with van der Waals surface area (Å²) < 4.78 is 28.7. The molecule has 0 radical (unpaired) electrons. The number of carbonyl (C=O) groups is 2. The fourth-order valence-corrected chi connectivity index (χ4v) is 8.87. The van der Waals surface area contributed by atoms with Gasteiger partial charge in [-0.2, -0.15) is 4.72 Å². The van der Waals surface area contributed by atoms with Crippen molar-refractivity contribution in [3.05, 3.63) is 34.4 Å². The summed E-state index contributed by atoms with van der Waals surface area (Å²) in [4.78, 5) is 35.6. The summed E-state index contributed by atoms with van der Waals surface area (Å²) in [5, 5.41) is 21.2. The van der Waals surface area contributed by atoms with Crippen molar-refractivity contribution in [1.82, 2.24) is 4.72 Å². The van der Waals surface area contributed by atoms with E-state index in [-0.39, 0.29) is 30.0 Å². The lowest BCUT2D eigenvalue weighted by Gasteiger charge is -2.58. The minimum absolute atomic E-state index is 0.0783. The van der Waals surface area contributed by atoms with E-state index in [1.807, 2.05) is 0 Å².